The predicted octanol–water partition coefficient (Wildman–Crippen LogP) is 3.02. The molecule has 1 rings (SSSR count). The van der Waals surface area contributed by atoms with Crippen molar-refractivity contribution in [2.75, 3.05) is 18.6 Å². The van der Waals surface area contributed by atoms with Gasteiger partial charge in [-0.1, -0.05) is 12.1 Å². The summed E-state index contributed by atoms with van der Waals surface area (Å²) in [7, 11) is 0. The van der Waals surface area contributed by atoms with E-state index in [0.717, 1.165) is 17.9 Å². The molecule has 0 heterocycles. The van der Waals surface area contributed by atoms with Gasteiger partial charge in [-0.2, -0.15) is 11.8 Å². The van der Waals surface area contributed by atoms with Crippen molar-refractivity contribution in [3.05, 3.63) is 29.8 Å². The van der Waals surface area contributed by atoms with E-state index in [1.807, 2.05) is 23.9 Å². The number of rotatable bonds is 6. The van der Waals surface area contributed by atoms with Crippen molar-refractivity contribution in [2.45, 2.75) is 13.3 Å². The van der Waals surface area contributed by atoms with Gasteiger partial charge < -0.3 is 4.74 Å². The maximum atomic E-state index is 11.1. The normalized spacial score (nSPS) is 10.0. The van der Waals surface area contributed by atoms with E-state index < -0.39 is 0 Å². The van der Waals surface area contributed by atoms with Crippen LogP contribution in [0.15, 0.2) is 24.3 Å². The van der Waals surface area contributed by atoms with Crippen LogP contribution in [0.3, 0.4) is 0 Å². The molecule has 0 aliphatic carbocycles. The molecule has 0 radical (unpaired) electrons. The van der Waals surface area contributed by atoms with E-state index in [2.05, 4.69) is 6.26 Å². The maximum absolute atomic E-state index is 11.1. The zero-order chi connectivity index (χ0) is 11.1. The molecular weight excluding hydrogens is 208 g/mol. The molecule has 0 amide bonds. The van der Waals surface area contributed by atoms with Crippen LogP contribution in [-0.4, -0.2) is 24.4 Å². The Kier molecular flexibility index (Phi) is 5.26. The van der Waals surface area contributed by atoms with Gasteiger partial charge in [-0.3, -0.25) is 4.79 Å². The molecule has 15 heavy (non-hydrogen) atoms. The highest BCUT2D eigenvalue weighted by Gasteiger charge is 2.00. The zero-order valence-corrected chi connectivity index (χ0v) is 9.97. The average molecular weight is 224 g/mol. The summed E-state index contributed by atoms with van der Waals surface area (Å²) in [6, 6.07) is 7.32. The fourth-order valence-corrected chi connectivity index (χ4v) is 1.60. The fraction of sp³-hybridized carbons (Fsp3) is 0.417. The summed E-state index contributed by atoms with van der Waals surface area (Å²) >= 11 is 1.81. The SMILES string of the molecule is CSCCCOc1cccc(C(C)=O)c1. The van der Waals surface area contributed by atoms with Gasteiger partial charge in [0.05, 0.1) is 6.61 Å². The summed E-state index contributed by atoms with van der Waals surface area (Å²) in [4.78, 5) is 11.1. The molecule has 3 heteroatoms. The summed E-state index contributed by atoms with van der Waals surface area (Å²) in [5, 5.41) is 0. The van der Waals surface area contributed by atoms with Crippen molar-refractivity contribution in [1.82, 2.24) is 0 Å². The molecule has 0 aliphatic heterocycles. The third-order valence-corrected chi connectivity index (χ3v) is 2.70. The summed E-state index contributed by atoms with van der Waals surface area (Å²) < 4.78 is 5.53. The van der Waals surface area contributed by atoms with Gasteiger partial charge in [0, 0.05) is 5.56 Å². The van der Waals surface area contributed by atoms with E-state index in [1.165, 1.54) is 0 Å². The molecule has 0 bridgehead atoms. The molecule has 2 nitrogen and oxygen atoms in total. The molecule has 82 valence electrons. The van der Waals surface area contributed by atoms with Gasteiger partial charge in [-0.25, -0.2) is 0 Å². The standard InChI is InChI=1S/C12H16O2S/c1-10(13)11-5-3-6-12(9-11)14-7-4-8-15-2/h3,5-6,9H,4,7-8H2,1-2H3. The van der Waals surface area contributed by atoms with Crippen LogP contribution in [0.4, 0.5) is 0 Å². The first kappa shape index (κ1) is 12.1. The molecule has 0 aromatic heterocycles. The van der Waals surface area contributed by atoms with Crippen LogP contribution in [0.2, 0.25) is 0 Å². The van der Waals surface area contributed by atoms with Gasteiger partial charge in [-0.15, -0.1) is 0 Å². The van der Waals surface area contributed by atoms with Crippen molar-refractivity contribution in [1.29, 1.82) is 0 Å². The van der Waals surface area contributed by atoms with E-state index in [-0.39, 0.29) is 5.78 Å². The molecule has 0 spiro atoms. The van der Waals surface area contributed by atoms with E-state index in [0.29, 0.717) is 12.2 Å². The number of hydrogen-bond acceptors (Lipinski definition) is 3. The van der Waals surface area contributed by atoms with Crippen LogP contribution in [0, 0.1) is 0 Å². The number of ketones is 1. The second-order valence-corrected chi connectivity index (χ2v) is 4.26. The quantitative estimate of drug-likeness (QED) is 0.549. The summed E-state index contributed by atoms with van der Waals surface area (Å²) in [6.45, 7) is 2.27. The van der Waals surface area contributed by atoms with Gasteiger partial charge in [-0.05, 0) is 37.5 Å². The van der Waals surface area contributed by atoms with Crippen LogP contribution in [0.5, 0.6) is 5.75 Å². The Hall–Kier alpha value is -0.960. The van der Waals surface area contributed by atoms with Gasteiger partial charge in [0.15, 0.2) is 5.78 Å². The van der Waals surface area contributed by atoms with Gasteiger partial charge >= 0.3 is 0 Å². The maximum Gasteiger partial charge on any atom is 0.159 e. The van der Waals surface area contributed by atoms with Gasteiger partial charge in [0.25, 0.3) is 0 Å². The Morgan fingerprint density at radius 1 is 1.47 bits per heavy atom. The molecule has 0 fully saturated rings. The molecule has 1 aromatic rings. The van der Waals surface area contributed by atoms with Crippen molar-refractivity contribution in [3.63, 3.8) is 0 Å². The molecule has 0 aliphatic rings. The molecule has 0 N–H and O–H groups in total. The Balaban J connectivity index is 2.47. The van der Waals surface area contributed by atoms with Gasteiger partial charge in [0.1, 0.15) is 5.75 Å². The zero-order valence-electron chi connectivity index (χ0n) is 9.16. The van der Waals surface area contributed by atoms with E-state index in [9.17, 15) is 4.79 Å². The van der Waals surface area contributed by atoms with Crippen LogP contribution in [-0.2, 0) is 0 Å². The van der Waals surface area contributed by atoms with E-state index >= 15 is 0 Å². The molecule has 0 saturated heterocycles. The highest BCUT2D eigenvalue weighted by Crippen LogP contribution is 2.14. The number of thioether (sulfide) groups is 1. The molecule has 1 aromatic carbocycles. The molecule has 0 atom stereocenters. The molecule has 0 unspecified atom stereocenters. The second-order valence-electron chi connectivity index (χ2n) is 3.28. The summed E-state index contributed by atoms with van der Waals surface area (Å²) in [5.74, 6) is 1.96. The lowest BCUT2D eigenvalue weighted by Gasteiger charge is -2.06. The minimum Gasteiger partial charge on any atom is -0.494 e. The first-order valence-corrected chi connectivity index (χ1v) is 6.36. The Labute approximate surface area is 95.0 Å². The Bertz CT molecular complexity index is 323. The van der Waals surface area contributed by atoms with Crippen molar-refractivity contribution >= 4 is 17.5 Å². The lowest BCUT2D eigenvalue weighted by Crippen LogP contribution is -2.00. The van der Waals surface area contributed by atoms with Crippen LogP contribution < -0.4 is 4.74 Å². The molecular formula is C12H16O2S. The predicted molar refractivity (Wildman–Crippen MR) is 64.9 cm³/mol. The highest BCUT2D eigenvalue weighted by atomic mass is 32.2. The lowest BCUT2D eigenvalue weighted by atomic mass is 10.1. The topological polar surface area (TPSA) is 26.3 Å². The first-order chi connectivity index (χ1) is 7.24. The van der Waals surface area contributed by atoms with E-state index in [1.54, 1.807) is 19.1 Å². The third-order valence-electron chi connectivity index (χ3n) is 2.00. The monoisotopic (exact) mass is 224 g/mol. The number of Topliss-reactive ketones (excluding diaryl/α,β-unsaturated/α-hetero) is 1. The number of hydrogen-bond donors (Lipinski definition) is 0. The number of benzene rings is 1. The summed E-state index contributed by atoms with van der Waals surface area (Å²) in [6.07, 6.45) is 3.11. The second kappa shape index (κ2) is 6.51. The Morgan fingerprint density at radius 3 is 2.93 bits per heavy atom. The lowest BCUT2D eigenvalue weighted by molar-refractivity contribution is 0.101. The van der Waals surface area contributed by atoms with E-state index in [4.69, 9.17) is 4.74 Å². The Morgan fingerprint density at radius 2 is 2.27 bits per heavy atom. The van der Waals surface area contributed by atoms with Crippen LogP contribution in [0.1, 0.15) is 23.7 Å². The first-order valence-electron chi connectivity index (χ1n) is 4.97. The highest BCUT2D eigenvalue weighted by molar-refractivity contribution is 7.98. The molecule has 0 saturated carbocycles. The smallest absolute Gasteiger partial charge is 0.159 e. The van der Waals surface area contributed by atoms with Crippen LogP contribution in [0.25, 0.3) is 0 Å². The van der Waals surface area contributed by atoms with Crippen molar-refractivity contribution < 1.29 is 9.53 Å². The average Bonchev–Trinajstić information content (AvgIpc) is 2.25. The van der Waals surface area contributed by atoms with Crippen LogP contribution >= 0.6 is 11.8 Å². The van der Waals surface area contributed by atoms with Crippen molar-refractivity contribution in [3.8, 4) is 5.75 Å². The fourth-order valence-electron chi connectivity index (χ4n) is 1.20. The largest absolute Gasteiger partial charge is 0.494 e. The number of carbonyl (C=O) groups is 1. The van der Waals surface area contributed by atoms with Gasteiger partial charge in [0.2, 0.25) is 0 Å². The minimum atomic E-state index is 0.0737. The number of carbonyl (C=O) groups excluding carboxylic acids is 1. The minimum absolute atomic E-state index is 0.0737. The summed E-state index contributed by atoms with van der Waals surface area (Å²) in [5.41, 5.74) is 0.706. The third kappa shape index (κ3) is 4.38. The van der Waals surface area contributed by atoms with Crippen molar-refractivity contribution in [2.24, 2.45) is 0 Å². The number of ether oxygens (including phenoxy) is 1.